The number of ether oxygens (including phenoxy) is 1. The minimum atomic E-state index is 0.0353. The lowest BCUT2D eigenvalue weighted by Gasteiger charge is -2.30. The molecule has 1 aromatic heterocycles. The smallest absolute Gasteiger partial charge is 0.119 e. The van der Waals surface area contributed by atoms with E-state index >= 15 is 0 Å². The maximum atomic E-state index is 6.47. The van der Waals surface area contributed by atoms with Crippen LogP contribution in [0, 0.1) is 6.92 Å². The maximum absolute atomic E-state index is 6.47. The summed E-state index contributed by atoms with van der Waals surface area (Å²) in [5, 5.41) is 0.380. The van der Waals surface area contributed by atoms with Gasteiger partial charge in [-0.05, 0) is 49.1 Å². The number of methoxy groups -OCH3 is 1. The minimum Gasteiger partial charge on any atom is -0.497 e. The van der Waals surface area contributed by atoms with Crippen LogP contribution < -0.4 is 10.5 Å². The Morgan fingerprint density at radius 1 is 1.35 bits per heavy atom. The van der Waals surface area contributed by atoms with Gasteiger partial charge in [0.1, 0.15) is 11.5 Å². The molecule has 0 saturated heterocycles. The van der Waals surface area contributed by atoms with Crippen molar-refractivity contribution in [3.05, 3.63) is 47.4 Å². The number of fused-ring (bicyclic) bond motifs is 1. The van der Waals surface area contributed by atoms with Crippen LogP contribution in [0.2, 0.25) is 0 Å². The first-order chi connectivity index (χ1) is 9.69. The molecule has 0 spiro atoms. The quantitative estimate of drug-likeness (QED) is 0.936. The number of benzene rings is 1. The van der Waals surface area contributed by atoms with Crippen molar-refractivity contribution < 1.29 is 9.15 Å². The monoisotopic (exact) mass is 289 g/mol. The van der Waals surface area contributed by atoms with Crippen molar-refractivity contribution in [2.24, 2.45) is 5.73 Å². The lowest BCUT2D eigenvalue weighted by molar-refractivity contribution is 0.412. The van der Waals surface area contributed by atoms with Gasteiger partial charge >= 0.3 is 0 Å². The first-order valence-corrected chi connectivity index (χ1v) is 7.70. The van der Waals surface area contributed by atoms with E-state index < -0.39 is 0 Å². The molecule has 1 heterocycles. The van der Waals surface area contributed by atoms with Crippen LogP contribution in [-0.2, 0) is 6.42 Å². The highest BCUT2D eigenvalue weighted by Crippen LogP contribution is 2.41. The molecule has 1 aromatic carbocycles. The zero-order valence-corrected chi connectivity index (χ0v) is 12.6. The Kier molecular flexibility index (Phi) is 3.76. The van der Waals surface area contributed by atoms with Crippen molar-refractivity contribution in [3.8, 4) is 5.75 Å². The fourth-order valence-electron chi connectivity index (χ4n) is 2.71. The largest absolute Gasteiger partial charge is 0.497 e. The van der Waals surface area contributed by atoms with Gasteiger partial charge in [-0.15, -0.1) is 11.8 Å². The number of rotatable bonds is 3. The molecule has 0 radical (unpaired) electrons. The van der Waals surface area contributed by atoms with Gasteiger partial charge < -0.3 is 14.9 Å². The van der Waals surface area contributed by atoms with Gasteiger partial charge in [0.25, 0.3) is 0 Å². The van der Waals surface area contributed by atoms with E-state index in [-0.39, 0.29) is 6.04 Å². The van der Waals surface area contributed by atoms with Gasteiger partial charge in [-0.3, -0.25) is 0 Å². The van der Waals surface area contributed by atoms with E-state index in [9.17, 15) is 0 Å². The highest BCUT2D eigenvalue weighted by molar-refractivity contribution is 8.00. The first-order valence-electron chi connectivity index (χ1n) is 6.82. The third-order valence-electron chi connectivity index (χ3n) is 3.90. The maximum Gasteiger partial charge on any atom is 0.119 e. The molecule has 0 bridgehead atoms. The standard InChI is InChI=1S/C16H19NO2S/c1-10-14(7-8-19-10)20-15-6-4-11-3-5-12(18-2)9-13(11)16(15)17/h3,5,7-9,15-16H,4,6,17H2,1-2H3. The molecule has 0 amide bonds. The lowest BCUT2D eigenvalue weighted by Crippen LogP contribution is -2.29. The van der Waals surface area contributed by atoms with E-state index in [1.165, 1.54) is 16.0 Å². The summed E-state index contributed by atoms with van der Waals surface area (Å²) in [5.74, 6) is 1.85. The van der Waals surface area contributed by atoms with Gasteiger partial charge in [-0.2, -0.15) is 0 Å². The molecular weight excluding hydrogens is 270 g/mol. The van der Waals surface area contributed by atoms with Crippen LogP contribution in [0.3, 0.4) is 0 Å². The van der Waals surface area contributed by atoms with Crippen molar-refractivity contribution in [3.63, 3.8) is 0 Å². The van der Waals surface area contributed by atoms with Crippen molar-refractivity contribution in [2.75, 3.05) is 7.11 Å². The van der Waals surface area contributed by atoms with Crippen LogP contribution in [0.1, 0.15) is 29.3 Å². The molecule has 0 fully saturated rings. The van der Waals surface area contributed by atoms with Gasteiger partial charge in [-0.25, -0.2) is 0 Å². The number of nitrogens with two attached hydrogens (primary N) is 1. The van der Waals surface area contributed by atoms with Crippen LogP contribution in [-0.4, -0.2) is 12.4 Å². The fourth-order valence-corrected chi connectivity index (χ4v) is 3.91. The predicted octanol–water partition coefficient (Wildman–Crippen LogP) is 3.70. The molecule has 106 valence electrons. The van der Waals surface area contributed by atoms with E-state index in [0.29, 0.717) is 5.25 Å². The van der Waals surface area contributed by atoms with E-state index in [0.717, 1.165) is 24.4 Å². The second-order valence-corrected chi connectivity index (χ2v) is 6.41. The summed E-state index contributed by atoms with van der Waals surface area (Å²) in [6.45, 7) is 1.99. The highest BCUT2D eigenvalue weighted by atomic mass is 32.2. The van der Waals surface area contributed by atoms with E-state index in [1.807, 2.05) is 30.8 Å². The molecule has 1 aliphatic carbocycles. The van der Waals surface area contributed by atoms with Gasteiger partial charge in [-0.1, -0.05) is 6.07 Å². The molecular formula is C16H19NO2S. The zero-order chi connectivity index (χ0) is 14.1. The Labute approximate surface area is 123 Å². The van der Waals surface area contributed by atoms with E-state index in [4.69, 9.17) is 14.9 Å². The van der Waals surface area contributed by atoms with Crippen LogP contribution in [0.5, 0.6) is 5.75 Å². The zero-order valence-electron chi connectivity index (χ0n) is 11.8. The molecule has 2 N–H and O–H groups in total. The minimum absolute atomic E-state index is 0.0353. The number of hydrogen-bond donors (Lipinski definition) is 1. The van der Waals surface area contributed by atoms with Gasteiger partial charge in [0.05, 0.1) is 13.4 Å². The Morgan fingerprint density at radius 3 is 2.90 bits per heavy atom. The highest BCUT2D eigenvalue weighted by Gasteiger charge is 2.28. The summed E-state index contributed by atoms with van der Waals surface area (Å²) in [4.78, 5) is 1.19. The molecule has 20 heavy (non-hydrogen) atoms. The molecule has 3 nitrogen and oxygen atoms in total. The van der Waals surface area contributed by atoms with Crippen LogP contribution in [0.4, 0.5) is 0 Å². The molecule has 0 aliphatic heterocycles. The van der Waals surface area contributed by atoms with Crippen molar-refractivity contribution in [2.45, 2.75) is 36.0 Å². The SMILES string of the molecule is COc1ccc2c(c1)C(N)C(Sc1ccoc1C)CC2. The van der Waals surface area contributed by atoms with Gasteiger partial charge in [0.2, 0.25) is 0 Å². The topological polar surface area (TPSA) is 48.4 Å². The van der Waals surface area contributed by atoms with Crippen LogP contribution in [0.15, 0.2) is 39.8 Å². The summed E-state index contributed by atoms with van der Waals surface area (Å²) in [6, 6.07) is 8.29. The Balaban J connectivity index is 1.84. The van der Waals surface area contributed by atoms with Crippen molar-refractivity contribution in [1.82, 2.24) is 0 Å². The molecule has 1 aliphatic rings. The molecule has 0 saturated carbocycles. The van der Waals surface area contributed by atoms with E-state index in [1.54, 1.807) is 13.4 Å². The molecule has 3 rings (SSSR count). The van der Waals surface area contributed by atoms with E-state index in [2.05, 4.69) is 12.1 Å². The predicted molar refractivity (Wildman–Crippen MR) is 81.3 cm³/mol. The Morgan fingerprint density at radius 2 is 2.20 bits per heavy atom. The summed E-state index contributed by atoms with van der Waals surface area (Å²) >= 11 is 1.82. The van der Waals surface area contributed by atoms with Gasteiger partial charge in [0, 0.05) is 16.2 Å². The van der Waals surface area contributed by atoms with Crippen molar-refractivity contribution in [1.29, 1.82) is 0 Å². The second-order valence-electron chi connectivity index (χ2n) is 5.13. The third-order valence-corrected chi connectivity index (χ3v) is 5.41. The first kappa shape index (κ1) is 13.6. The van der Waals surface area contributed by atoms with Crippen molar-refractivity contribution >= 4 is 11.8 Å². The normalized spacial score (nSPS) is 21.6. The van der Waals surface area contributed by atoms with Gasteiger partial charge in [0.15, 0.2) is 0 Å². The van der Waals surface area contributed by atoms with Crippen LogP contribution >= 0.6 is 11.8 Å². The Bertz CT molecular complexity index is 608. The molecule has 2 atom stereocenters. The average molecular weight is 289 g/mol. The number of thioether (sulfide) groups is 1. The summed E-state index contributed by atoms with van der Waals surface area (Å²) in [5.41, 5.74) is 9.04. The lowest BCUT2D eigenvalue weighted by atomic mass is 9.87. The summed E-state index contributed by atoms with van der Waals surface area (Å²) in [7, 11) is 1.69. The molecule has 2 aromatic rings. The summed E-state index contributed by atoms with van der Waals surface area (Å²) < 4.78 is 10.7. The summed E-state index contributed by atoms with van der Waals surface area (Å²) in [6.07, 6.45) is 3.90. The number of hydrogen-bond acceptors (Lipinski definition) is 4. The number of furan rings is 1. The second kappa shape index (κ2) is 5.54. The fraction of sp³-hybridized carbons (Fsp3) is 0.375. The van der Waals surface area contributed by atoms with Crippen LogP contribution in [0.25, 0.3) is 0 Å². The third kappa shape index (κ3) is 2.45. The average Bonchev–Trinajstić information content (AvgIpc) is 2.87. The molecule has 4 heteroatoms. The molecule has 2 unspecified atom stereocenters. The Hall–Kier alpha value is -1.39. The number of aryl methyl sites for hydroxylation is 2.